The molecule has 174 valence electrons. The van der Waals surface area contributed by atoms with E-state index in [4.69, 9.17) is 9.47 Å². The van der Waals surface area contributed by atoms with Gasteiger partial charge in [0.25, 0.3) is 0 Å². The lowest BCUT2D eigenvalue weighted by atomic mass is 9.83. The van der Waals surface area contributed by atoms with E-state index in [0.29, 0.717) is 11.1 Å². The number of hydrogen-bond acceptors (Lipinski definition) is 5. The minimum Gasteiger partial charge on any atom is -0.497 e. The van der Waals surface area contributed by atoms with Crippen molar-refractivity contribution in [3.8, 4) is 5.75 Å². The van der Waals surface area contributed by atoms with E-state index in [2.05, 4.69) is 0 Å². The molecule has 4 nitrogen and oxygen atoms in total. The van der Waals surface area contributed by atoms with E-state index in [9.17, 15) is 9.59 Å². The summed E-state index contributed by atoms with van der Waals surface area (Å²) in [5.41, 5.74) is 3.65. The second-order valence-electron chi connectivity index (χ2n) is 8.32. The molecule has 35 heavy (non-hydrogen) atoms. The maximum absolute atomic E-state index is 13.3. The van der Waals surface area contributed by atoms with Gasteiger partial charge in [0.1, 0.15) is 11.9 Å². The molecule has 3 aromatic carbocycles. The van der Waals surface area contributed by atoms with Gasteiger partial charge in [0, 0.05) is 28.4 Å². The van der Waals surface area contributed by atoms with Gasteiger partial charge in [-0.3, -0.25) is 4.79 Å². The molecule has 2 atom stereocenters. The van der Waals surface area contributed by atoms with Crippen LogP contribution in [0.5, 0.6) is 5.75 Å². The molecule has 0 amide bonds. The molecule has 0 fully saturated rings. The molecule has 0 saturated heterocycles. The first-order valence-electron chi connectivity index (χ1n) is 11.4. The molecule has 0 unspecified atom stereocenters. The second-order valence-corrected chi connectivity index (χ2v) is 9.30. The lowest BCUT2D eigenvalue weighted by Crippen LogP contribution is -2.23. The Morgan fingerprint density at radius 1 is 0.886 bits per heavy atom. The largest absolute Gasteiger partial charge is 0.497 e. The molecule has 4 aromatic rings. The van der Waals surface area contributed by atoms with Crippen molar-refractivity contribution in [3.05, 3.63) is 124 Å². The highest BCUT2D eigenvalue weighted by molar-refractivity contribution is 7.10. The van der Waals surface area contributed by atoms with E-state index in [1.54, 1.807) is 18.4 Å². The van der Waals surface area contributed by atoms with Crippen molar-refractivity contribution in [1.82, 2.24) is 0 Å². The first kappa shape index (κ1) is 22.8. The van der Waals surface area contributed by atoms with Crippen LogP contribution in [0.25, 0.3) is 11.1 Å². The summed E-state index contributed by atoms with van der Waals surface area (Å²) in [4.78, 5) is 27.6. The molecule has 0 N–H and O–H groups in total. The van der Waals surface area contributed by atoms with Crippen LogP contribution in [0.1, 0.15) is 38.7 Å². The number of ketones is 1. The quantitative estimate of drug-likeness (QED) is 0.209. The molecule has 1 aliphatic rings. The summed E-state index contributed by atoms with van der Waals surface area (Å²) in [7, 11) is 1.62. The van der Waals surface area contributed by atoms with Gasteiger partial charge in [-0.15, -0.1) is 11.3 Å². The zero-order valence-electron chi connectivity index (χ0n) is 19.2. The normalized spacial score (nSPS) is 16.1. The number of carbonyl (C=O) groups is 2. The van der Waals surface area contributed by atoms with Gasteiger partial charge in [-0.1, -0.05) is 78.9 Å². The van der Waals surface area contributed by atoms with Crippen LogP contribution in [0.15, 0.2) is 102 Å². The number of rotatable bonds is 8. The molecule has 1 aromatic heterocycles. The number of methoxy groups -OCH3 is 1. The number of thiophene rings is 1. The molecule has 0 saturated carbocycles. The zero-order chi connectivity index (χ0) is 24.2. The van der Waals surface area contributed by atoms with E-state index < -0.39 is 6.10 Å². The number of benzene rings is 3. The number of esters is 1. The Balaban J connectivity index is 1.63. The summed E-state index contributed by atoms with van der Waals surface area (Å²) in [6, 6.07) is 30.4. The maximum Gasteiger partial charge on any atom is 0.339 e. The van der Waals surface area contributed by atoms with Crippen molar-refractivity contribution in [2.45, 2.75) is 18.4 Å². The van der Waals surface area contributed by atoms with Crippen LogP contribution in [-0.4, -0.2) is 25.0 Å². The topological polar surface area (TPSA) is 52.6 Å². The minimum absolute atomic E-state index is 0.0160. The summed E-state index contributed by atoms with van der Waals surface area (Å²) in [6.45, 7) is 0. The number of hydrogen-bond donors (Lipinski definition) is 0. The van der Waals surface area contributed by atoms with Gasteiger partial charge in [-0.05, 0) is 34.7 Å². The fourth-order valence-corrected chi connectivity index (χ4v) is 5.38. The van der Waals surface area contributed by atoms with Crippen LogP contribution in [0, 0.1) is 0 Å². The zero-order valence-corrected chi connectivity index (χ0v) is 20.0. The number of carbonyl (C=O) groups excluding carboxylic acids is 2. The number of Topliss-reactive ketones (excluding diaryl/α,β-unsaturated/α-hetero) is 1. The summed E-state index contributed by atoms with van der Waals surface area (Å²) in [5.74, 6) is 0.0551. The Kier molecular flexibility index (Phi) is 6.59. The van der Waals surface area contributed by atoms with Crippen molar-refractivity contribution in [1.29, 1.82) is 0 Å². The smallest absolute Gasteiger partial charge is 0.339 e. The molecular weight excluding hydrogens is 456 g/mol. The van der Waals surface area contributed by atoms with Crippen molar-refractivity contribution >= 4 is 34.2 Å². The summed E-state index contributed by atoms with van der Waals surface area (Å²) < 4.78 is 11.4. The van der Waals surface area contributed by atoms with Gasteiger partial charge in [-0.2, -0.15) is 0 Å². The highest BCUT2D eigenvalue weighted by Crippen LogP contribution is 2.45. The molecule has 0 radical (unpaired) electrons. The first-order chi connectivity index (χ1) is 17.2. The average molecular weight is 481 g/mol. The first-order valence-corrected chi connectivity index (χ1v) is 12.3. The van der Waals surface area contributed by atoms with Crippen molar-refractivity contribution in [3.63, 3.8) is 0 Å². The van der Waals surface area contributed by atoms with Gasteiger partial charge in [0.05, 0.1) is 12.7 Å². The Bertz CT molecular complexity index is 1340. The monoisotopic (exact) mass is 480 g/mol. The lowest BCUT2D eigenvalue weighted by Gasteiger charge is -2.24. The van der Waals surface area contributed by atoms with Gasteiger partial charge in [0.2, 0.25) is 0 Å². The summed E-state index contributed by atoms with van der Waals surface area (Å²) in [6.07, 6.45) is -0.373. The predicted octanol–water partition coefficient (Wildman–Crippen LogP) is 6.65. The average Bonchev–Trinajstić information content (AvgIpc) is 3.56. The SMILES string of the molecule is COc1ccc(C2=C(c3ccccc3)C(=O)O[C@@H]2[C@H](CC(=O)c2ccccc2)c2cccs2)cc1. The standard InChI is InChI=1S/C30H24O4S/c1-33-23-16-14-22(15-17-23)27-28(21-11-6-3-7-12-21)30(32)34-29(27)24(26-13-8-18-35-26)19-25(31)20-9-4-2-5-10-20/h2-18,24,29H,19H2,1H3/t24-,29-/m1/s1. The molecule has 2 heterocycles. The van der Waals surface area contributed by atoms with E-state index >= 15 is 0 Å². The van der Waals surface area contributed by atoms with Crippen LogP contribution >= 0.6 is 11.3 Å². The van der Waals surface area contributed by atoms with Crippen molar-refractivity contribution < 1.29 is 19.1 Å². The third-order valence-electron chi connectivity index (χ3n) is 6.23. The van der Waals surface area contributed by atoms with Gasteiger partial charge < -0.3 is 9.47 Å². The van der Waals surface area contributed by atoms with Crippen LogP contribution in [0.3, 0.4) is 0 Å². The van der Waals surface area contributed by atoms with Crippen LogP contribution in [0.2, 0.25) is 0 Å². The second kappa shape index (κ2) is 10.1. The Hall–Kier alpha value is -3.96. The highest BCUT2D eigenvalue weighted by atomic mass is 32.1. The minimum atomic E-state index is -0.600. The van der Waals surface area contributed by atoms with Gasteiger partial charge in [-0.25, -0.2) is 4.79 Å². The molecule has 5 rings (SSSR count). The van der Waals surface area contributed by atoms with E-state index in [0.717, 1.165) is 27.3 Å². The molecule has 0 spiro atoms. The Labute approximate surface area is 208 Å². The predicted molar refractivity (Wildman–Crippen MR) is 139 cm³/mol. The van der Waals surface area contributed by atoms with E-state index in [1.165, 1.54) is 0 Å². The molecule has 0 bridgehead atoms. The summed E-state index contributed by atoms with van der Waals surface area (Å²) in [5, 5.41) is 1.99. The molecule has 5 heteroatoms. The molecular formula is C30H24O4S. The third kappa shape index (κ3) is 4.68. The Morgan fingerprint density at radius 3 is 2.20 bits per heavy atom. The van der Waals surface area contributed by atoms with Crippen molar-refractivity contribution in [2.75, 3.05) is 7.11 Å². The third-order valence-corrected chi connectivity index (χ3v) is 7.23. The molecule has 1 aliphatic heterocycles. The lowest BCUT2D eigenvalue weighted by molar-refractivity contribution is -0.138. The number of ether oxygens (including phenoxy) is 2. The van der Waals surface area contributed by atoms with Crippen LogP contribution in [-0.2, 0) is 9.53 Å². The maximum atomic E-state index is 13.3. The number of cyclic esters (lactones) is 1. The van der Waals surface area contributed by atoms with E-state index in [-0.39, 0.29) is 24.1 Å². The van der Waals surface area contributed by atoms with Gasteiger partial charge >= 0.3 is 5.97 Å². The summed E-state index contributed by atoms with van der Waals surface area (Å²) >= 11 is 1.57. The fourth-order valence-electron chi connectivity index (χ4n) is 4.53. The Morgan fingerprint density at radius 2 is 1.57 bits per heavy atom. The van der Waals surface area contributed by atoms with Crippen LogP contribution in [0.4, 0.5) is 0 Å². The van der Waals surface area contributed by atoms with Crippen molar-refractivity contribution in [2.24, 2.45) is 0 Å². The highest BCUT2D eigenvalue weighted by Gasteiger charge is 2.42. The molecule has 0 aliphatic carbocycles. The fraction of sp³-hybridized carbons (Fsp3) is 0.133. The van der Waals surface area contributed by atoms with E-state index in [1.807, 2.05) is 102 Å². The van der Waals surface area contributed by atoms with Gasteiger partial charge in [0.15, 0.2) is 5.78 Å². The van der Waals surface area contributed by atoms with Crippen LogP contribution < -0.4 is 4.74 Å².